The number of furan rings is 1. The fraction of sp³-hybridized carbons (Fsp3) is 0. The third kappa shape index (κ3) is 5.80. The van der Waals surface area contributed by atoms with Gasteiger partial charge in [0.2, 0.25) is 0 Å². The molecule has 2 heterocycles. The Kier molecular flexibility index (Phi) is 8.03. The van der Waals surface area contributed by atoms with Gasteiger partial charge in [0.1, 0.15) is 11.2 Å². The minimum absolute atomic E-state index is 0.909. The van der Waals surface area contributed by atoms with Crippen LogP contribution in [0.4, 0.5) is 34.1 Å². The maximum Gasteiger partial charge on any atom is 0.136 e. The predicted octanol–water partition coefficient (Wildman–Crippen LogP) is 16.9. The lowest BCUT2D eigenvalue weighted by Gasteiger charge is -2.30. The third-order valence-corrected chi connectivity index (χ3v) is 12.9. The summed E-state index contributed by atoms with van der Waals surface area (Å²) in [6.45, 7) is 0. The molecule has 0 aliphatic rings. The predicted molar refractivity (Wildman–Crippen MR) is 256 cm³/mol. The van der Waals surface area contributed by atoms with Gasteiger partial charge in [0.15, 0.2) is 0 Å². The Bertz CT molecular complexity index is 3570. The molecule has 4 heteroatoms. The monoisotopic (exact) mass is 784 g/mol. The van der Waals surface area contributed by atoms with E-state index in [1.807, 2.05) is 17.4 Å². The summed E-state index contributed by atoms with van der Waals surface area (Å²) in [6, 6.07) is 78.9. The van der Waals surface area contributed by atoms with Gasteiger partial charge in [0.25, 0.3) is 0 Å². The molecule has 12 aromatic rings. The SMILES string of the molecule is c1ccc(-c2cccc(N(c3ccccc3)c3cccc(N(c4ccc5c(c4)sc4ccccc45)c4ccc5ccc6cc7oc8ccccc8c7cc6c5c4)c3)c2)cc1. The van der Waals surface area contributed by atoms with Crippen molar-refractivity contribution in [2.45, 2.75) is 0 Å². The Morgan fingerprint density at radius 2 is 0.850 bits per heavy atom. The number of benzene rings is 10. The molecule has 0 atom stereocenters. The van der Waals surface area contributed by atoms with E-state index in [0.717, 1.165) is 61.4 Å². The first-order valence-corrected chi connectivity index (χ1v) is 21.1. The summed E-state index contributed by atoms with van der Waals surface area (Å²) in [4.78, 5) is 4.78. The minimum atomic E-state index is 0.909. The largest absolute Gasteiger partial charge is 0.456 e. The molecular weight excluding hydrogens is 749 g/mol. The topological polar surface area (TPSA) is 19.6 Å². The van der Waals surface area contributed by atoms with Gasteiger partial charge in [-0.05, 0) is 124 Å². The van der Waals surface area contributed by atoms with Crippen LogP contribution in [-0.4, -0.2) is 0 Å². The van der Waals surface area contributed by atoms with E-state index < -0.39 is 0 Å². The normalized spacial score (nSPS) is 11.7. The number of thiophene rings is 1. The van der Waals surface area contributed by atoms with Crippen molar-refractivity contribution >= 4 is 109 Å². The second-order valence-electron chi connectivity index (χ2n) is 15.4. The summed E-state index contributed by atoms with van der Waals surface area (Å²) < 4.78 is 8.88. The van der Waals surface area contributed by atoms with Crippen molar-refractivity contribution in [3.8, 4) is 11.1 Å². The summed E-state index contributed by atoms with van der Waals surface area (Å²) >= 11 is 1.85. The lowest BCUT2D eigenvalue weighted by Crippen LogP contribution is -2.13. The van der Waals surface area contributed by atoms with Crippen molar-refractivity contribution in [3.63, 3.8) is 0 Å². The van der Waals surface area contributed by atoms with Crippen LogP contribution in [0.15, 0.2) is 223 Å². The highest BCUT2D eigenvalue weighted by molar-refractivity contribution is 7.25. The van der Waals surface area contributed by atoms with Gasteiger partial charge in [0.05, 0.1) is 0 Å². The van der Waals surface area contributed by atoms with E-state index in [2.05, 4.69) is 222 Å². The first kappa shape index (κ1) is 34.4. The number of fused-ring (bicyclic) bond motifs is 9. The van der Waals surface area contributed by atoms with E-state index in [4.69, 9.17) is 4.42 Å². The number of hydrogen-bond acceptors (Lipinski definition) is 4. The number of para-hydroxylation sites is 2. The highest BCUT2D eigenvalue weighted by Crippen LogP contribution is 2.45. The van der Waals surface area contributed by atoms with E-state index in [9.17, 15) is 0 Å². The molecule has 0 spiro atoms. The van der Waals surface area contributed by atoms with Crippen LogP contribution in [0.1, 0.15) is 0 Å². The number of hydrogen-bond donors (Lipinski definition) is 0. The van der Waals surface area contributed by atoms with Crippen LogP contribution >= 0.6 is 11.3 Å². The fourth-order valence-electron chi connectivity index (χ4n) is 8.95. The van der Waals surface area contributed by atoms with Crippen LogP contribution in [0.2, 0.25) is 0 Å². The first-order chi connectivity index (χ1) is 29.7. The molecular formula is C56H36N2OS. The molecule has 2 aromatic heterocycles. The molecule has 0 aliphatic heterocycles. The highest BCUT2D eigenvalue weighted by atomic mass is 32.1. The zero-order valence-corrected chi connectivity index (χ0v) is 33.3. The molecule has 0 saturated heterocycles. The van der Waals surface area contributed by atoms with Gasteiger partial charge >= 0.3 is 0 Å². The smallest absolute Gasteiger partial charge is 0.136 e. The van der Waals surface area contributed by atoms with Crippen molar-refractivity contribution in [1.29, 1.82) is 0 Å². The summed E-state index contributed by atoms with van der Waals surface area (Å²) in [5.74, 6) is 0. The molecule has 0 aliphatic carbocycles. The van der Waals surface area contributed by atoms with E-state index in [1.54, 1.807) is 0 Å². The Balaban J connectivity index is 1.06. The summed E-state index contributed by atoms with van der Waals surface area (Å²) in [5.41, 5.74) is 10.7. The van der Waals surface area contributed by atoms with Gasteiger partial charge in [-0.25, -0.2) is 0 Å². The molecule has 12 rings (SSSR count). The summed E-state index contributed by atoms with van der Waals surface area (Å²) in [7, 11) is 0. The maximum atomic E-state index is 6.32. The second kappa shape index (κ2) is 14.0. The van der Waals surface area contributed by atoms with Crippen LogP contribution in [0.5, 0.6) is 0 Å². The Labute approximate surface area is 351 Å². The molecule has 0 saturated carbocycles. The molecule has 0 N–H and O–H groups in total. The Hall–Kier alpha value is -7.66. The molecule has 10 aromatic carbocycles. The molecule has 0 radical (unpaired) electrons. The highest BCUT2D eigenvalue weighted by Gasteiger charge is 2.20. The van der Waals surface area contributed by atoms with E-state index in [1.165, 1.54) is 47.5 Å². The quantitative estimate of drug-likeness (QED) is 0.150. The first-order valence-electron chi connectivity index (χ1n) is 20.3. The third-order valence-electron chi connectivity index (χ3n) is 11.8. The second-order valence-corrected chi connectivity index (χ2v) is 16.4. The van der Waals surface area contributed by atoms with Crippen LogP contribution in [0, 0.1) is 0 Å². The maximum absolute atomic E-state index is 6.32. The van der Waals surface area contributed by atoms with Crippen molar-refractivity contribution in [1.82, 2.24) is 0 Å². The zero-order valence-electron chi connectivity index (χ0n) is 32.5. The Morgan fingerprint density at radius 3 is 1.70 bits per heavy atom. The van der Waals surface area contributed by atoms with E-state index in [-0.39, 0.29) is 0 Å². The molecule has 282 valence electrons. The lowest BCUT2D eigenvalue weighted by molar-refractivity contribution is 0.669. The lowest BCUT2D eigenvalue weighted by atomic mass is 9.99. The van der Waals surface area contributed by atoms with Crippen LogP contribution in [-0.2, 0) is 0 Å². The minimum Gasteiger partial charge on any atom is -0.456 e. The average Bonchev–Trinajstić information content (AvgIpc) is 3.87. The standard InChI is InChI=1S/C56H36N2OS/c1-3-13-37(14-4-1)39-15-11-18-42(31-39)57(41-16-5-2-6-17-41)43-19-12-20-44(33-43)58(46-29-30-49-48-22-8-10-24-55(48)60-56(49)35-46)45-28-27-38-25-26-40-32-54-52(36-51(40)50(38)34-45)47-21-7-9-23-53(47)59-54/h1-36H. The number of nitrogens with zero attached hydrogens (tertiary/aromatic N) is 2. The molecule has 0 fully saturated rings. The molecule has 0 amide bonds. The average molecular weight is 785 g/mol. The summed E-state index contributed by atoms with van der Waals surface area (Å²) in [6.07, 6.45) is 0. The van der Waals surface area contributed by atoms with Crippen LogP contribution in [0.3, 0.4) is 0 Å². The number of rotatable bonds is 7. The Morgan fingerprint density at radius 1 is 0.283 bits per heavy atom. The van der Waals surface area contributed by atoms with Gasteiger partial charge in [-0.1, -0.05) is 127 Å². The molecule has 0 bridgehead atoms. The van der Waals surface area contributed by atoms with Gasteiger partial charge in [0, 0.05) is 65.1 Å². The van der Waals surface area contributed by atoms with Crippen molar-refractivity contribution < 1.29 is 4.42 Å². The summed E-state index contributed by atoms with van der Waals surface area (Å²) in [5, 5.41) is 9.60. The van der Waals surface area contributed by atoms with E-state index in [0.29, 0.717) is 0 Å². The van der Waals surface area contributed by atoms with Crippen LogP contribution < -0.4 is 9.80 Å². The van der Waals surface area contributed by atoms with Gasteiger partial charge in [-0.3, -0.25) is 0 Å². The van der Waals surface area contributed by atoms with Gasteiger partial charge in [-0.2, -0.15) is 0 Å². The van der Waals surface area contributed by atoms with Crippen molar-refractivity contribution in [2.24, 2.45) is 0 Å². The van der Waals surface area contributed by atoms with Crippen molar-refractivity contribution in [2.75, 3.05) is 9.80 Å². The molecule has 60 heavy (non-hydrogen) atoms. The zero-order chi connectivity index (χ0) is 39.6. The van der Waals surface area contributed by atoms with Gasteiger partial charge in [-0.15, -0.1) is 11.3 Å². The van der Waals surface area contributed by atoms with E-state index >= 15 is 0 Å². The number of anilines is 6. The fourth-order valence-corrected chi connectivity index (χ4v) is 10.1. The van der Waals surface area contributed by atoms with Gasteiger partial charge < -0.3 is 14.2 Å². The molecule has 0 unspecified atom stereocenters. The van der Waals surface area contributed by atoms with Crippen molar-refractivity contribution in [3.05, 3.63) is 218 Å². The van der Waals surface area contributed by atoms with Crippen LogP contribution in [0.25, 0.3) is 74.8 Å². The molecule has 3 nitrogen and oxygen atoms in total.